The van der Waals surface area contributed by atoms with Gasteiger partial charge in [-0.2, -0.15) is 0 Å². The molecule has 1 aromatic heterocycles. The van der Waals surface area contributed by atoms with Crippen LogP contribution in [0.2, 0.25) is 0 Å². The average molecular weight is 337 g/mol. The fraction of sp³-hybridized carbons (Fsp3) is 0.250. The van der Waals surface area contributed by atoms with Crippen LogP contribution in [0.3, 0.4) is 0 Å². The number of aromatic nitrogens is 1. The second kappa shape index (κ2) is 8.18. The number of pyridine rings is 1. The molecule has 1 heterocycles. The third-order valence-electron chi connectivity index (χ3n) is 3.82. The molecule has 0 saturated carbocycles. The molecule has 0 saturated heterocycles. The van der Waals surface area contributed by atoms with Gasteiger partial charge in [-0.25, -0.2) is 0 Å². The van der Waals surface area contributed by atoms with Crippen molar-refractivity contribution in [2.75, 3.05) is 25.5 Å². The lowest BCUT2D eigenvalue weighted by Crippen LogP contribution is -2.13. The summed E-state index contributed by atoms with van der Waals surface area (Å²) in [5.41, 5.74) is 3.28. The van der Waals surface area contributed by atoms with E-state index in [1.165, 1.54) is 20.9 Å². The van der Waals surface area contributed by atoms with Crippen LogP contribution in [0.1, 0.15) is 12.1 Å². The Morgan fingerprint density at radius 2 is 1.83 bits per heavy atom. The lowest BCUT2D eigenvalue weighted by molar-refractivity contribution is 0.748. The number of nitrogens with one attached hydrogen (secondary N) is 2. The zero-order chi connectivity index (χ0) is 16.8. The van der Waals surface area contributed by atoms with Crippen molar-refractivity contribution >= 4 is 28.4 Å². The van der Waals surface area contributed by atoms with Crippen molar-refractivity contribution in [3.63, 3.8) is 0 Å². The van der Waals surface area contributed by atoms with Gasteiger partial charge in [0.05, 0.1) is 5.52 Å². The van der Waals surface area contributed by atoms with Gasteiger partial charge in [0, 0.05) is 33.1 Å². The van der Waals surface area contributed by atoms with Crippen molar-refractivity contribution in [3.8, 4) is 0 Å². The molecule has 124 valence electrons. The lowest BCUT2D eigenvalue weighted by atomic mass is 10.1. The third kappa shape index (κ3) is 4.08. The number of nitrogens with zero attached hydrogens (tertiary/aromatic N) is 1. The summed E-state index contributed by atoms with van der Waals surface area (Å²) in [6.07, 6.45) is 1.10. The zero-order valence-corrected chi connectivity index (χ0v) is 15.0. The first kappa shape index (κ1) is 16.8. The molecule has 3 rings (SSSR count). The Labute approximate surface area is 147 Å². The fourth-order valence-electron chi connectivity index (χ4n) is 2.68. The van der Waals surface area contributed by atoms with E-state index in [0.29, 0.717) is 0 Å². The molecule has 0 fully saturated rings. The molecule has 0 radical (unpaired) electrons. The first-order chi connectivity index (χ1) is 11.8. The van der Waals surface area contributed by atoms with Crippen LogP contribution in [-0.2, 0) is 0 Å². The van der Waals surface area contributed by atoms with Crippen molar-refractivity contribution in [2.24, 2.45) is 0 Å². The van der Waals surface area contributed by atoms with Gasteiger partial charge in [0.1, 0.15) is 0 Å². The quantitative estimate of drug-likeness (QED) is 0.612. The van der Waals surface area contributed by atoms with Gasteiger partial charge in [-0.05, 0) is 51.2 Å². The highest BCUT2D eigenvalue weighted by molar-refractivity contribution is 7.99. The third-order valence-corrected chi connectivity index (χ3v) is 4.88. The minimum absolute atomic E-state index is 0.954. The van der Waals surface area contributed by atoms with E-state index in [1.807, 2.05) is 13.1 Å². The SMILES string of the molecule is CNCCCNc1cc(C)nc2c(Sc3ccccc3)cccc12. The van der Waals surface area contributed by atoms with E-state index in [9.17, 15) is 0 Å². The Balaban J connectivity index is 1.92. The summed E-state index contributed by atoms with van der Waals surface area (Å²) in [6.45, 7) is 4.03. The van der Waals surface area contributed by atoms with E-state index in [2.05, 4.69) is 66.1 Å². The van der Waals surface area contributed by atoms with Crippen molar-refractivity contribution in [1.82, 2.24) is 10.3 Å². The van der Waals surface area contributed by atoms with Crippen LogP contribution < -0.4 is 10.6 Å². The van der Waals surface area contributed by atoms with Crippen LogP contribution in [-0.4, -0.2) is 25.1 Å². The average Bonchev–Trinajstić information content (AvgIpc) is 2.60. The Bertz CT molecular complexity index is 803. The van der Waals surface area contributed by atoms with Crippen LogP contribution in [0.25, 0.3) is 10.9 Å². The topological polar surface area (TPSA) is 37.0 Å². The van der Waals surface area contributed by atoms with Gasteiger partial charge in [0.25, 0.3) is 0 Å². The minimum atomic E-state index is 0.954. The molecule has 0 atom stereocenters. The molecular weight excluding hydrogens is 314 g/mol. The lowest BCUT2D eigenvalue weighted by Gasteiger charge is -2.13. The van der Waals surface area contributed by atoms with Crippen molar-refractivity contribution in [2.45, 2.75) is 23.1 Å². The highest BCUT2D eigenvalue weighted by Crippen LogP contribution is 2.35. The summed E-state index contributed by atoms with van der Waals surface area (Å²) in [5.74, 6) is 0. The first-order valence-corrected chi connectivity index (χ1v) is 9.11. The Kier molecular flexibility index (Phi) is 5.72. The van der Waals surface area contributed by atoms with Crippen LogP contribution in [0.15, 0.2) is 64.4 Å². The molecule has 2 N–H and O–H groups in total. The second-order valence-electron chi connectivity index (χ2n) is 5.76. The van der Waals surface area contributed by atoms with E-state index in [-0.39, 0.29) is 0 Å². The Hall–Kier alpha value is -2.04. The normalized spacial score (nSPS) is 10.9. The highest BCUT2D eigenvalue weighted by Gasteiger charge is 2.09. The van der Waals surface area contributed by atoms with E-state index >= 15 is 0 Å². The monoisotopic (exact) mass is 337 g/mol. The maximum Gasteiger partial charge on any atom is 0.0865 e. The number of para-hydroxylation sites is 1. The minimum Gasteiger partial charge on any atom is -0.384 e. The summed E-state index contributed by atoms with van der Waals surface area (Å²) in [4.78, 5) is 7.23. The number of anilines is 1. The predicted octanol–water partition coefficient (Wildman–Crippen LogP) is 4.72. The van der Waals surface area contributed by atoms with Crippen molar-refractivity contribution in [1.29, 1.82) is 0 Å². The molecule has 0 bridgehead atoms. The van der Waals surface area contributed by atoms with Crippen LogP contribution >= 0.6 is 11.8 Å². The van der Waals surface area contributed by atoms with E-state index < -0.39 is 0 Å². The first-order valence-electron chi connectivity index (χ1n) is 8.29. The fourth-order valence-corrected chi connectivity index (χ4v) is 3.63. The van der Waals surface area contributed by atoms with Gasteiger partial charge >= 0.3 is 0 Å². The summed E-state index contributed by atoms with van der Waals surface area (Å²) in [5, 5.41) is 7.93. The highest BCUT2D eigenvalue weighted by atomic mass is 32.2. The molecular formula is C20H23N3S. The van der Waals surface area contributed by atoms with Gasteiger partial charge in [0.2, 0.25) is 0 Å². The number of benzene rings is 2. The predicted molar refractivity (Wildman–Crippen MR) is 104 cm³/mol. The summed E-state index contributed by atoms with van der Waals surface area (Å²) in [6, 6.07) is 19.0. The van der Waals surface area contributed by atoms with Gasteiger partial charge in [-0.1, -0.05) is 42.1 Å². The van der Waals surface area contributed by atoms with Gasteiger partial charge in [0.15, 0.2) is 0 Å². The number of rotatable bonds is 7. The maximum absolute atomic E-state index is 4.80. The second-order valence-corrected chi connectivity index (χ2v) is 6.88. The van der Waals surface area contributed by atoms with E-state index in [0.717, 1.165) is 30.7 Å². The number of fused-ring (bicyclic) bond motifs is 1. The van der Waals surface area contributed by atoms with Crippen LogP contribution in [0.4, 0.5) is 5.69 Å². The summed E-state index contributed by atoms with van der Waals surface area (Å²) in [7, 11) is 1.99. The van der Waals surface area contributed by atoms with Crippen LogP contribution in [0.5, 0.6) is 0 Å². The van der Waals surface area contributed by atoms with Gasteiger partial charge < -0.3 is 10.6 Å². The standard InChI is InChI=1S/C20H23N3S/c1-15-14-18(22-13-7-12-21-2)17-10-6-11-19(20(17)23-15)24-16-8-4-3-5-9-16/h3-6,8-11,14,21H,7,12-13H2,1-2H3,(H,22,23). The molecule has 0 aliphatic rings. The largest absolute Gasteiger partial charge is 0.384 e. The van der Waals surface area contributed by atoms with E-state index in [1.54, 1.807) is 11.8 Å². The molecule has 0 spiro atoms. The molecule has 0 aliphatic carbocycles. The molecule has 2 aromatic carbocycles. The van der Waals surface area contributed by atoms with Crippen molar-refractivity contribution in [3.05, 3.63) is 60.3 Å². The van der Waals surface area contributed by atoms with Gasteiger partial charge in [-0.15, -0.1) is 0 Å². The van der Waals surface area contributed by atoms with Crippen LogP contribution in [0, 0.1) is 6.92 Å². The molecule has 3 aromatic rings. The Morgan fingerprint density at radius 3 is 2.62 bits per heavy atom. The number of aryl methyl sites for hydroxylation is 1. The molecule has 4 heteroatoms. The molecule has 0 unspecified atom stereocenters. The number of hydrogen-bond acceptors (Lipinski definition) is 4. The van der Waals surface area contributed by atoms with Gasteiger partial charge in [-0.3, -0.25) is 4.98 Å². The zero-order valence-electron chi connectivity index (χ0n) is 14.2. The Morgan fingerprint density at radius 1 is 1.00 bits per heavy atom. The number of hydrogen-bond donors (Lipinski definition) is 2. The molecule has 24 heavy (non-hydrogen) atoms. The summed E-state index contributed by atoms with van der Waals surface area (Å²) < 4.78 is 0. The molecule has 3 nitrogen and oxygen atoms in total. The molecule has 0 aliphatic heterocycles. The molecule has 0 amide bonds. The smallest absolute Gasteiger partial charge is 0.0865 e. The summed E-state index contributed by atoms with van der Waals surface area (Å²) >= 11 is 1.77. The van der Waals surface area contributed by atoms with E-state index in [4.69, 9.17) is 4.98 Å². The maximum atomic E-state index is 4.80. The van der Waals surface area contributed by atoms with Crippen molar-refractivity contribution < 1.29 is 0 Å².